The van der Waals surface area contributed by atoms with Crippen LogP contribution < -0.4 is 0 Å². The van der Waals surface area contributed by atoms with Gasteiger partial charge in [-0.2, -0.15) is 5.10 Å². The van der Waals surface area contributed by atoms with E-state index in [1.54, 1.807) is 0 Å². The minimum absolute atomic E-state index is 0.282. The molecular formula is C21H25N3O. The summed E-state index contributed by atoms with van der Waals surface area (Å²) in [6.45, 7) is 4.97. The van der Waals surface area contributed by atoms with Gasteiger partial charge in [0.15, 0.2) is 0 Å². The molecule has 1 atom stereocenters. The zero-order valence-corrected chi connectivity index (χ0v) is 14.6. The van der Waals surface area contributed by atoms with E-state index in [2.05, 4.69) is 52.5 Å². The van der Waals surface area contributed by atoms with E-state index in [9.17, 15) is 0 Å². The largest absolute Gasteiger partial charge is 0.375 e. The second kappa shape index (κ2) is 7.81. The Balaban J connectivity index is 1.34. The van der Waals surface area contributed by atoms with E-state index < -0.39 is 0 Å². The molecule has 0 amide bonds. The summed E-state index contributed by atoms with van der Waals surface area (Å²) in [4.78, 5) is 2.53. The minimum Gasteiger partial charge on any atom is -0.375 e. The van der Waals surface area contributed by atoms with Crippen LogP contribution >= 0.6 is 0 Å². The van der Waals surface area contributed by atoms with Crippen LogP contribution in [0.25, 0.3) is 10.8 Å². The first kappa shape index (κ1) is 16.3. The fourth-order valence-corrected chi connectivity index (χ4v) is 3.71. The highest BCUT2D eigenvalue weighted by atomic mass is 16.5. The summed E-state index contributed by atoms with van der Waals surface area (Å²) in [5.74, 6) is 0. The fourth-order valence-electron chi connectivity index (χ4n) is 3.71. The lowest BCUT2D eigenvalue weighted by Crippen LogP contribution is -2.43. The van der Waals surface area contributed by atoms with Gasteiger partial charge in [0.1, 0.15) is 0 Å². The Morgan fingerprint density at radius 2 is 1.96 bits per heavy atom. The van der Waals surface area contributed by atoms with Gasteiger partial charge in [0, 0.05) is 45.0 Å². The van der Waals surface area contributed by atoms with Crippen molar-refractivity contribution in [2.24, 2.45) is 0 Å². The molecule has 130 valence electrons. The van der Waals surface area contributed by atoms with E-state index in [4.69, 9.17) is 4.74 Å². The molecular weight excluding hydrogens is 310 g/mol. The molecule has 3 aromatic rings. The summed E-state index contributed by atoms with van der Waals surface area (Å²) in [5, 5.41) is 6.94. The number of morpholine rings is 1. The van der Waals surface area contributed by atoms with E-state index in [1.807, 2.05) is 23.1 Å². The number of aromatic nitrogens is 2. The summed E-state index contributed by atoms with van der Waals surface area (Å²) < 4.78 is 8.06. The van der Waals surface area contributed by atoms with Crippen LogP contribution in [0.2, 0.25) is 0 Å². The highest BCUT2D eigenvalue weighted by molar-refractivity contribution is 5.85. The van der Waals surface area contributed by atoms with Crippen molar-refractivity contribution in [1.82, 2.24) is 14.7 Å². The average Bonchev–Trinajstić information content (AvgIpc) is 3.16. The van der Waals surface area contributed by atoms with Crippen molar-refractivity contribution in [2.45, 2.75) is 25.5 Å². The quantitative estimate of drug-likeness (QED) is 0.692. The van der Waals surface area contributed by atoms with Gasteiger partial charge in [-0.25, -0.2) is 0 Å². The average molecular weight is 335 g/mol. The number of hydrogen-bond donors (Lipinski definition) is 0. The van der Waals surface area contributed by atoms with Crippen LogP contribution in [-0.2, 0) is 17.7 Å². The van der Waals surface area contributed by atoms with Gasteiger partial charge in [0.05, 0.1) is 12.7 Å². The molecule has 2 heterocycles. The molecule has 1 fully saturated rings. The Morgan fingerprint density at radius 3 is 2.88 bits per heavy atom. The maximum atomic E-state index is 6.05. The van der Waals surface area contributed by atoms with Gasteiger partial charge in [-0.1, -0.05) is 42.5 Å². The Morgan fingerprint density at radius 1 is 1.04 bits per heavy atom. The van der Waals surface area contributed by atoms with E-state index in [-0.39, 0.29) is 6.10 Å². The second-order valence-electron chi connectivity index (χ2n) is 6.76. The summed E-state index contributed by atoms with van der Waals surface area (Å²) in [7, 11) is 0. The number of hydrogen-bond acceptors (Lipinski definition) is 3. The first-order valence-corrected chi connectivity index (χ1v) is 9.16. The molecule has 4 nitrogen and oxygen atoms in total. The van der Waals surface area contributed by atoms with Crippen LogP contribution in [0.5, 0.6) is 0 Å². The van der Waals surface area contributed by atoms with Crippen molar-refractivity contribution in [3.63, 3.8) is 0 Å². The van der Waals surface area contributed by atoms with E-state index in [0.717, 1.165) is 45.6 Å². The molecule has 0 aliphatic carbocycles. The Labute approximate surface area is 149 Å². The number of ether oxygens (including phenoxy) is 1. The summed E-state index contributed by atoms with van der Waals surface area (Å²) in [6, 6.07) is 17.2. The number of nitrogens with zero attached hydrogens (tertiary/aromatic N) is 3. The van der Waals surface area contributed by atoms with Crippen LogP contribution in [0.15, 0.2) is 60.9 Å². The van der Waals surface area contributed by atoms with Crippen molar-refractivity contribution in [2.75, 3.05) is 26.2 Å². The molecule has 4 heteroatoms. The van der Waals surface area contributed by atoms with Crippen molar-refractivity contribution in [3.8, 4) is 0 Å². The normalized spacial score (nSPS) is 18.6. The van der Waals surface area contributed by atoms with Crippen LogP contribution in [0, 0.1) is 0 Å². The molecule has 0 spiro atoms. The van der Waals surface area contributed by atoms with Crippen molar-refractivity contribution >= 4 is 10.8 Å². The number of benzene rings is 2. The molecule has 25 heavy (non-hydrogen) atoms. The third-order valence-electron chi connectivity index (χ3n) is 4.97. The van der Waals surface area contributed by atoms with Crippen LogP contribution in [0.1, 0.15) is 12.0 Å². The van der Waals surface area contributed by atoms with Crippen molar-refractivity contribution in [3.05, 3.63) is 66.5 Å². The second-order valence-corrected chi connectivity index (χ2v) is 6.76. The highest BCUT2D eigenvalue weighted by Crippen LogP contribution is 2.21. The third kappa shape index (κ3) is 4.09. The van der Waals surface area contributed by atoms with Gasteiger partial charge in [-0.05, 0) is 28.8 Å². The van der Waals surface area contributed by atoms with E-state index >= 15 is 0 Å². The SMILES string of the molecule is c1ccc2c(C[C@@H]3CN(CCCn4cccn4)CCO3)cccc2c1. The lowest BCUT2D eigenvalue weighted by Gasteiger charge is -2.33. The zero-order chi connectivity index (χ0) is 16.9. The van der Waals surface area contributed by atoms with Gasteiger partial charge in [-0.3, -0.25) is 9.58 Å². The van der Waals surface area contributed by atoms with Gasteiger partial charge in [0.25, 0.3) is 0 Å². The predicted molar refractivity (Wildman–Crippen MR) is 101 cm³/mol. The Hall–Kier alpha value is -2.17. The van der Waals surface area contributed by atoms with Crippen LogP contribution in [0.3, 0.4) is 0 Å². The topological polar surface area (TPSA) is 30.3 Å². The van der Waals surface area contributed by atoms with Gasteiger partial charge in [0.2, 0.25) is 0 Å². The Kier molecular flexibility index (Phi) is 5.09. The van der Waals surface area contributed by atoms with Crippen LogP contribution in [0.4, 0.5) is 0 Å². The highest BCUT2D eigenvalue weighted by Gasteiger charge is 2.21. The monoisotopic (exact) mass is 335 g/mol. The number of fused-ring (bicyclic) bond motifs is 1. The zero-order valence-electron chi connectivity index (χ0n) is 14.6. The molecule has 0 radical (unpaired) electrons. The molecule has 4 rings (SSSR count). The smallest absolute Gasteiger partial charge is 0.0743 e. The maximum Gasteiger partial charge on any atom is 0.0743 e. The summed E-state index contributed by atoms with van der Waals surface area (Å²) >= 11 is 0. The molecule has 1 aliphatic rings. The van der Waals surface area contributed by atoms with Gasteiger partial charge < -0.3 is 4.74 Å². The third-order valence-corrected chi connectivity index (χ3v) is 4.97. The molecule has 1 aliphatic heterocycles. The molecule has 0 unspecified atom stereocenters. The predicted octanol–water partition coefficient (Wildman–Crippen LogP) is 3.37. The van der Waals surface area contributed by atoms with Crippen molar-refractivity contribution < 1.29 is 4.74 Å². The van der Waals surface area contributed by atoms with Crippen molar-refractivity contribution in [1.29, 1.82) is 0 Å². The molecule has 0 saturated carbocycles. The number of aryl methyl sites for hydroxylation is 1. The summed E-state index contributed by atoms with van der Waals surface area (Å²) in [5.41, 5.74) is 1.39. The van der Waals surface area contributed by atoms with Gasteiger partial charge in [-0.15, -0.1) is 0 Å². The van der Waals surface area contributed by atoms with E-state index in [0.29, 0.717) is 0 Å². The lowest BCUT2D eigenvalue weighted by atomic mass is 9.99. The molecule has 1 saturated heterocycles. The minimum atomic E-state index is 0.282. The Bertz CT molecular complexity index is 795. The summed E-state index contributed by atoms with van der Waals surface area (Å²) in [6.07, 6.45) is 6.27. The standard InChI is InChI=1S/C21H25N3O/c1-2-9-21-18(6-1)7-3-8-19(21)16-20-17-23(14-15-25-20)11-5-13-24-12-4-10-22-24/h1-4,6-10,12,20H,5,11,13-17H2/t20-/m1/s1. The molecule has 0 bridgehead atoms. The molecule has 2 aromatic carbocycles. The first-order chi connectivity index (χ1) is 12.4. The number of rotatable bonds is 6. The maximum absolute atomic E-state index is 6.05. The van der Waals surface area contributed by atoms with Crippen LogP contribution in [-0.4, -0.2) is 47.0 Å². The fraction of sp³-hybridized carbons (Fsp3) is 0.381. The lowest BCUT2D eigenvalue weighted by molar-refractivity contribution is -0.0280. The molecule has 0 N–H and O–H groups in total. The molecule has 1 aromatic heterocycles. The first-order valence-electron chi connectivity index (χ1n) is 9.16. The van der Waals surface area contributed by atoms with E-state index in [1.165, 1.54) is 16.3 Å². The van der Waals surface area contributed by atoms with Gasteiger partial charge >= 0.3 is 0 Å².